The Balaban J connectivity index is 2.47. The van der Waals surface area contributed by atoms with Gasteiger partial charge in [0.1, 0.15) is 0 Å². The monoisotopic (exact) mass is 310 g/mol. The van der Waals surface area contributed by atoms with Crippen molar-refractivity contribution in [3.8, 4) is 0 Å². The zero-order chi connectivity index (χ0) is 13.3. The fraction of sp³-hybridized carbons (Fsp3) is 0.500. The van der Waals surface area contributed by atoms with Gasteiger partial charge in [0.25, 0.3) is 0 Å². The lowest BCUT2D eigenvalue weighted by Crippen LogP contribution is -2.51. The summed E-state index contributed by atoms with van der Waals surface area (Å²) in [6.45, 7) is 7.82. The van der Waals surface area contributed by atoms with Crippen LogP contribution in [0, 0.1) is 6.92 Å². The summed E-state index contributed by atoms with van der Waals surface area (Å²) in [4.78, 5) is 14.3. The molecule has 1 N–H and O–H groups in total. The summed E-state index contributed by atoms with van der Waals surface area (Å²) < 4.78 is 1.04. The lowest BCUT2D eigenvalue weighted by Gasteiger charge is -2.38. The molecule has 0 aliphatic carbocycles. The number of nitrogens with zero attached hydrogens (tertiary/aromatic N) is 1. The van der Waals surface area contributed by atoms with Crippen molar-refractivity contribution in [3.63, 3.8) is 0 Å². The van der Waals surface area contributed by atoms with Crippen molar-refractivity contribution in [2.75, 3.05) is 18.0 Å². The van der Waals surface area contributed by atoms with Crippen LogP contribution in [0.1, 0.15) is 25.8 Å². The van der Waals surface area contributed by atoms with E-state index >= 15 is 0 Å². The molecule has 0 aromatic heterocycles. The lowest BCUT2D eigenvalue weighted by atomic mass is 10.0. The maximum Gasteiger partial charge on any atom is 0.228 e. The minimum atomic E-state index is -0.202. The van der Waals surface area contributed by atoms with Crippen molar-refractivity contribution in [1.82, 2.24) is 5.32 Å². The summed E-state index contributed by atoms with van der Waals surface area (Å²) in [5, 5.41) is 3.33. The van der Waals surface area contributed by atoms with Crippen LogP contribution < -0.4 is 10.2 Å². The highest BCUT2D eigenvalue weighted by Crippen LogP contribution is 2.30. The third-order valence-corrected chi connectivity index (χ3v) is 3.82. The summed E-state index contributed by atoms with van der Waals surface area (Å²) in [7, 11) is 0. The molecule has 0 saturated carbocycles. The van der Waals surface area contributed by atoms with E-state index in [1.165, 1.54) is 0 Å². The van der Waals surface area contributed by atoms with Gasteiger partial charge in [-0.3, -0.25) is 4.79 Å². The van der Waals surface area contributed by atoms with Crippen LogP contribution in [0.2, 0.25) is 0 Å². The maximum absolute atomic E-state index is 12.3. The van der Waals surface area contributed by atoms with E-state index in [0.717, 1.165) is 28.8 Å². The Morgan fingerprint density at radius 1 is 1.39 bits per heavy atom. The smallest absolute Gasteiger partial charge is 0.228 e. The number of hydrogen-bond donors (Lipinski definition) is 1. The predicted octanol–water partition coefficient (Wildman–Crippen LogP) is 2.86. The van der Waals surface area contributed by atoms with Gasteiger partial charge in [0.2, 0.25) is 5.91 Å². The largest absolute Gasteiger partial charge is 0.314 e. The summed E-state index contributed by atoms with van der Waals surface area (Å²) in [6, 6.07) is 6.06. The topological polar surface area (TPSA) is 32.3 Å². The number of carbonyl (C=O) groups excluding carboxylic acids is 1. The number of anilines is 1. The molecule has 1 aromatic rings. The highest BCUT2D eigenvalue weighted by atomic mass is 79.9. The number of hydrogen-bond acceptors (Lipinski definition) is 2. The summed E-state index contributed by atoms with van der Waals surface area (Å²) in [6.07, 6.45) is 0.554. The number of amides is 1. The quantitative estimate of drug-likeness (QED) is 0.865. The average Bonchev–Trinajstić information content (AvgIpc) is 2.39. The highest BCUT2D eigenvalue weighted by Gasteiger charge is 2.34. The molecule has 4 heteroatoms. The van der Waals surface area contributed by atoms with Crippen LogP contribution in [0.4, 0.5) is 5.69 Å². The Labute approximate surface area is 117 Å². The first kappa shape index (κ1) is 13.6. The third kappa shape index (κ3) is 2.59. The Hall–Kier alpha value is -0.870. The standard InChI is InChI=1S/C14H19BrN2O/c1-10-8-11(15)4-5-12(10)17-13(18)6-7-16-9-14(17,2)3/h4-5,8,16H,6-7,9H2,1-3H3. The maximum atomic E-state index is 12.3. The molecule has 1 aromatic carbocycles. The molecule has 0 radical (unpaired) electrons. The molecule has 1 fully saturated rings. The predicted molar refractivity (Wildman–Crippen MR) is 77.9 cm³/mol. The van der Waals surface area contributed by atoms with E-state index in [1.54, 1.807) is 0 Å². The summed E-state index contributed by atoms with van der Waals surface area (Å²) >= 11 is 3.46. The van der Waals surface area contributed by atoms with Crippen molar-refractivity contribution < 1.29 is 4.79 Å². The molecule has 2 rings (SSSR count). The van der Waals surface area contributed by atoms with Crippen molar-refractivity contribution in [3.05, 3.63) is 28.2 Å². The van der Waals surface area contributed by atoms with Crippen LogP contribution in [0.3, 0.4) is 0 Å². The molecule has 18 heavy (non-hydrogen) atoms. The van der Waals surface area contributed by atoms with Gasteiger partial charge >= 0.3 is 0 Å². The fourth-order valence-corrected chi connectivity index (χ4v) is 2.92. The summed E-state index contributed by atoms with van der Waals surface area (Å²) in [5.41, 5.74) is 1.93. The van der Waals surface area contributed by atoms with Crippen LogP contribution in [0.15, 0.2) is 22.7 Å². The first-order chi connectivity index (χ1) is 8.42. The van der Waals surface area contributed by atoms with Gasteiger partial charge in [0.15, 0.2) is 0 Å². The molecule has 0 bridgehead atoms. The van der Waals surface area contributed by atoms with E-state index in [4.69, 9.17) is 0 Å². The number of nitrogens with one attached hydrogen (secondary N) is 1. The van der Waals surface area contributed by atoms with E-state index in [-0.39, 0.29) is 11.4 Å². The van der Waals surface area contributed by atoms with E-state index in [2.05, 4.69) is 41.2 Å². The molecule has 0 spiro atoms. The van der Waals surface area contributed by atoms with Gasteiger partial charge in [0.05, 0.1) is 5.54 Å². The molecule has 3 nitrogen and oxygen atoms in total. The van der Waals surface area contributed by atoms with Crippen LogP contribution in [-0.4, -0.2) is 24.5 Å². The fourth-order valence-electron chi connectivity index (χ4n) is 2.45. The molecule has 1 amide bonds. The van der Waals surface area contributed by atoms with E-state index in [1.807, 2.05) is 24.0 Å². The number of halogens is 1. The van der Waals surface area contributed by atoms with Gasteiger partial charge in [-0.05, 0) is 44.5 Å². The van der Waals surface area contributed by atoms with Crippen molar-refractivity contribution in [1.29, 1.82) is 0 Å². The van der Waals surface area contributed by atoms with E-state index in [0.29, 0.717) is 6.42 Å². The second-order valence-corrected chi connectivity index (χ2v) is 6.31. The van der Waals surface area contributed by atoms with Gasteiger partial charge < -0.3 is 10.2 Å². The second-order valence-electron chi connectivity index (χ2n) is 5.40. The number of rotatable bonds is 1. The molecule has 0 unspecified atom stereocenters. The molecule has 1 aliphatic rings. The molecule has 0 atom stereocenters. The lowest BCUT2D eigenvalue weighted by molar-refractivity contribution is -0.119. The van der Waals surface area contributed by atoms with Crippen LogP contribution in [0.5, 0.6) is 0 Å². The third-order valence-electron chi connectivity index (χ3n) is 3.33. The second kappa shape index (κ2) is 5.02. The van der Waals surface area contributed by atoms with Crippen LogP contribution >= 0.6 is 15.9 Å². The average molecular weight is 311 g/mol. The Morgan fingerprint density at radius 3 is 2.78 bits per heavy atom. The first-order valence-corrected chi connectivity index (χ1v) is 7.01. The van der Waals surface area contributed by atoms with Gasteiger partial charge in [-0.2, -0.15) is 0 Å². The Morgan fingerprint density at radius 2 is 2.11 bits per heavy atom. The normalized spacial score (nSPS) is 19.8. The SMILES string of the molecule is Cc1cc(Br)ccc1N1C(=O)CCNCC1(C)C. The van der Waals surface area contributed by atoms with E-state index < -0.39 is 0 Å². The number of aryl methyl sites for hydroxylation is 1. The van der Waals surface area contributed by atoms with Gasteiger partial charge in [-0.25, -0.2) is 0 Å². The van der Waals surface area contributed by atoms with Gasteiger partial charge in [-0.1, -0.05) is 15.9 Å². The van der Waals surface area contributed by atoms with Crippen molar-refractivity contribution >= 4 is 27.5 Å². The minimum absolute atomic E-state index is 0.190. The zero-order valence-electron chi connectivity index (χ0n) is 11.1. The molecular weight excluding hydrogens is 292 g/mol. The van der Waals surface area contributed by atoms with Crippen LogP contribution in [-0.2, 0) is 4.79 Å². The number of benzene rings is 1. The molecule has 98 valence electrons. The summed E-state index contributed by atoms with van der Waals surface area (Å²) in [5.74, 6) is 0.190. The van der Waals surface area contributed by atoms with Crippen LogP contribution in [0.25, 0.3) is 0 Å². The number of carbonyl (C=O) groups is 1. The molecule has 1 heterocycles. The van der Waals surface area contributed by atoms with Gasteiger partial charge in [-0.15, -0.1) is 0 Å². The molecular formula is C14H19BrN2O. The van der Waals surface area contributed by atoms with Crippen molar-refractivity contribution in [2.24, 2.45) is 0 Å². The van der Waals surface area contributed by atoms with Gasteiger partial charge in [0, 0.05) is 29.7 Å². The Bertz CT molecular complexity index is 471. The molecule has 1 saturated heterocycles. The molecule has 1 aliphatic heterocycles. The van der Waals surface area contributed by atoms with E-state index in [9.17, 15) is 4.79 Å². The Kier molecular flexibility index (Phi) is 3.78. The highest BCUT2D eigenvalue weighted by molar-refractivity contribution is 9.10. The zero-order valence-corrected chi connectivity index (χ0v) is 12.7. The minimum Gasteiger partial charge on any atom is -0.314 e. The first-order valence-electron chi connectivity index (χ1n) is 6.22. The van der Waals surface area contributed by atoms with Crippen molar-refractivity contribution in [2.45, 2.75) is 32.7 Å².